The number of ketones is 1. The van der Waals surface area contributed by atoms with Gasteiger partial charge in [0.2, 0.25) is 0 Å². The Morgan fingerprint density at radius 3 is 2.38 bits per heavy atom. The van der Waals surface area contributed by atoms with E-state index in [1.54, 1.807) is 24.3 Å². The minimum absolute atomic E-state index is 0.129. The maximum Gasteiger partial charge on any atom is 0.311 e. The van der Waals surface area contributed by atoms with Crippen molar-refractivity contribution in [2.24, 2.45) is 5.92 Å². The zero-order chi connectivity index (χ0) is 17.8. The van der Waals surface area contributed by atoms with Crippen LogP contribution in [0.5, 0.6) is 5.75 Å². The fraction of sp³-hybridized carbons (Fsp3) is 0.474. The van der Waals surface area contributed by atoms with Gasteiger partial charge in [-0.05, 0) is 37.0 Å². The van der Waals surface area contributed by atoms with E-state index in [2.05, 4.69) is 19.1 Å². The van der Waals surface area contributed by atoms with Gasteiger partial charge in [0.15, 0.2) is 0 Å². The van der Waals surface area contributed by atoms with Crippen LogP contribution < -0.4 is 4.74 Å². The molecule has 0 saturated carbocycles. The van der Waals surface area contributed by atoms with E-state index < -0.39 is 5.92 Å². The quantitative estimate of drug-likeness (QED) is 0.281. The predicted octanol–water partition coefficient (Wildman–Crippen LogP) is 2.44. The Bertz CT molecular complexity index is 529. The Labute approximate surface area is 143 Å². The van der Waals surface area contributed by atoms with E-state index in [0.29, 0.717) is 12.2 Å². The van der Waals surface area contributed by atoms with Crippen molar-refractivity contribution < 1.29 is 24.5 Å². The van der Waals surface area contributed by atoms with Gasteiger partial charge >= 0.3 is 5.97 Å². The highest BCUT2D eigenvalue weighted by atomic mass is 16.5. The molecule has 0 atom stereocenters. The second-order valence-electron chi connectivity index (χ2n) is 5.60. The molecule has 1 aromatic carbocycles. The molecule has 0 aliphatic carbocycles. The lowest BCUT2D eigenvalue weighted by Gasteiger charge is -2.10. The SMILES string of the molecule is CC/C=C\CCCC(=O)Oc1ccc(CC(=O)C(CO)CO)cc1. The number of ether oxygens (including phenoxy) is 1. The molecule has 132 valence electrons. The number of aliphatic hydroxyl groups excluding tert-OH is 2. The summed E-state index contributed by atoms with van der Waals surface area (Å²) in [6.45, 7) is 1.34. The van der Waals surface area contributed by atoms with Crippen LogP contribution in [0.2, 0.25) is 0 Å². The molecule has 0 bridgehead atoms. The number of esters is 1. The lowest BCUT2D eigenvalue weighted by Crippen LogP contribution is -2.23. The number of carbonyl (C=O) groups is 2. The summed E-state index contributed by atoms with van der Waals surface area (Å²) in [6, 6.07) is 6.70. The third-order valence-corrected chi connectivity index (χ3v) is 3.58. The number of hydrogen-bond donors (Lipinski definition) is 2. The zero-order valence-corrected chi connectivity index (χ0v) is 14.1. The number of benzene rings is 1. The first kappa shape index (κ1) is 20.1. The number of aliphatic hydroxyl groups is 2. The predicted molar refractivity (Wildman–Crippen MR) is 91.7 cm³/mol. The first-order valence-electron chi connectivity index (χ1n) is 8.29. The van der Waals surface area contributed by atoms with Crippen LogP contribution in [0.4, 0.5) is 0 Å². The van der Waals surface area contributed by atoms with Gasteiger partial charge in [-0.25, -0.2) is 0 Å². The largest absolute Gasteiger partial charge is 0.427 e. The fourth-order valence-corrected chi connectivity index (χ4v) is 2.11. The smallest absolute Gasteiger partial charge is 0.311 e. The second kappa shape index (κ2) is 11.5. The van der Waals surface area contributed by atoms with Gasteiger partial charge in [-0.3, -0.25) is 9.59 Å². The van der Waals surface area contributed by atoms with Gasteiger partial charge in [0, 0.05) is 12.8 Å². The number of rotatable bonds is 11. The fourth-order valence-electron chi connectivity index (χ4n) is 2.11. The number of carbonyl (C=O) groups excluding carboxylic acids is 2. The monoisotopic (exact) mass is 334 g/mol. The summed E-state index contributed by atoms with van der Waals surface area (Å²) in [7, 11) is 0. The molecule has 1 rings (SSSR count). The summed E-state index contributed by atoms with van der Waals surface area (Å²) in [6.07, 6.45) is 7.24. The van der Waals surface area contributed by atoms with Crippen LogP contribution in [0.3, 0.4) is 0 Å². The summed E-state index contributed by atoms with van der Waals surface area (Å²) in [5.41, 5.74) is 0.747. The molecule has 1 aromatic rings. The highest BCUT2D eigenvalue weighted by Gasteiger charge is 2.16. The Hall–Kier alpha value is -1.98. The van der Waals surface area contributed by atoms with Crippen molar-refractivity contribution in [3.8, 4) is 5.75 Å². The molecular formula is C19H26O5. The Morgan fingerprint density at radius 2 is 1.79 bits per heavy atom. The van der Waals surface area contributed by atoms with Gasteiger partial charge in [0.1, 0.15) is 11.5 Å². The van der Waals surface area contributed by atoms with Crippen LogP contribution in [-0.4, -0.2) is 35.2 Å². The lowest BCUT2D eigenvalue weighted by atomic mass is 9.99. The summed E-state index contributed by atoms with van der Waals surface area (Å²) in [5, 5.41) is 18.0. The Balaban J connectivity index is 2.42. The minimum Gasteiger partial charge on any atom is -0.427 e. The van der Waals surface area contributed by atoms with Crippen molar-refractivity contribution >= 4 is 11.8 Å². The Morgan fingerprint density at radius 1 is 1.12 bits per heavy atom. The second-order valence-corrected chi connectivity index (χ2v) is 5.60. The third kappa shape index (κ3) is 7.53. The van der Waals surface area contributed by atoms with Gasteiger partial charge in [-0.2, -0.15) is 0 Å². The van der Waals surface area contributed by atoms with Gasteiger partial charge < -0.3 is 14.9 Å². The number of hydrogen-bond acceptors (Lipinski definition) is 5. The lowest BCUT2D eigenvalue weighted by molar-refractivity contribution is -0.134. The standard InChI is InChI=1S/C19H26O5/c1-2-3-4-5-6-7-19(23)24-17-10-8-15(9-11-17)12-18(22)16(13-20)14-21/h3-4,8-11,16,20-21H,2,5-7,12-14H2,1H3/b4-3-. The molecule has 0 heterocycles. The molecule has 0 spiro atoms. The van der Waals surface area contributed by atoms with Crippen molar-refractivity contribution in [2.45, 2.75) is 39.0 Å². The van der Waals surface area contributed by atoms with Crippen molar-refractivity contribution in [2.75, 3.05) is 13.2 Å². The molecule has 24 heavy (non-hydrogen) atoms. The number of allylic oxidation sites excluding steroid dienone is 2. The molecule has 0 aliphatic rings. The van der Waals surface area contributed by atoms with Gasteiger partial charge in [-0.1, -0.05) is 31.2 Å². The van der Waals surface area contributed by atoms with Gasteiger partial charge in [-0.15, -0.1) is 0 Å². The molecule has 0 aliphatic heterocycles. The maximum absolute atomic E-state index is 11.8. The molecule has 0 unspecified atom stereocenters. The molecule has 5 nitrogen and oxygen atoms in total. The molecular weight excluding hydrogens is 308 g/mol. The topological polar surface area (TPSA) is 83.8 Å². The van der Waals surface area contributed by atoms with Crippen molar-refractivity contribution in [1.29, 1.82) is 0 Å². The van der Waals surface area contributed by atoms with Crippen LogP contribution >= 0.6 is 0 Å². The van der Waals surface area contributed by atoms with Crippen LogP contribution in [0.15, 0.2) is 36.4 Å². The Kier molecular flexibility index (Phi) is 9.65. The van der Waals surface area contributed by atoms with Crippen LogP contribution in [-0.2, 0) is 16.0 Å². The maximum atomic E-state index is 11.8. The molecule has 0 aromatic heterocycles. The average Bonchev–Trinajstić information content (AvgIpc) is 2.57. The highest BCUT2D eigenvalue weighted by molar-refractivity contribution is 5.83. The van der Waals surface area contributed by atoms with Gasteiger partial charge in [0.25, 0.3) is 0 Å². The summed E-state index contributed by atoms with van der Waals surface area (Å²) in [5.74, 6) is -0.792. The molecule has 2 N–H and O–H groups in total. The summed E-state index contributed by atoms with van der Waals surface area (Å²) in [4.78, 5) is 23.5. The first-order chi connectivity index (χ1) is 11.6. The highest BCUT2D eigenvalue weighted by Crippen LogP contribution is 2.15. The van der Waals surface area contributed by atoms with E-state index in [1.165, 1.54) is 0 Å². The van der Waals surface area contributed by atoms with E-state index >= 15 is 0 Å². The summed E-state index contributed by atoms with van der Waals surface area (Å²) < 4.78 is 5.24. The van der Waals surface area contributed by atoms with Crippen molar-refractivity contribution in [3.63, 3.8) is 0 Å². The number of unbranched alkanes of at least 4 members (excludes halogenated alkanes) is 1. The van der Waals surface area contributed by atoms with Crippen LogP contribution in [0.1, 0.15) is 38.2 Å². The molecule has 0 saturated heterocycles. The minimum atomic E-state index is -0.746. The molecule has 0 amide bonds. The zero-order valence-electron chi connectivity index (χ0n) is 14.1. The van der Waals surface area contributed by atoms with Crippen molar-refractivity contribution in [3.05, 3.63) is 42.0 Å². The first-order valence-corrected chi connectivity index (χ1v) is 8.29. The van der Waals surface area contributed by atoms with E-state index in [0.717, 1.165) is 24.8 Å². The van der Waals surface area contributed by atoms with Crippen LogP contribution in [0.25, 0.3) is 0 Å². The third-order valence-electron chi connectivity index (χ3n) is 3.58. The normalized spacial score (nSPS) is 11.2. The van der Waals surface area contributed by atoms with Crippen LogP contribution in [0, 0.1) is 5.92 Å². The van der Waals surface area contributed by atoms with E-state index in [-0.39, 0.29) is 31.4 Å². The molecule has 0 fully saturated rings. The van der Waals surface area contributed by atoms with E-state index in [1.807, 2.05) is 0 Å². The van der Waals surface area contributed by atoms with Crippen molar-refractivity contribution in [1.82, 2.24) is 0 Å². The van der Waals surface area contributed by atoms with E-state index in [4.69, 9.17) is 14.9 Å². The summed E-state index contributed by atoms with van der Waals surface area (Å²) >= 11 is 0. The molecule has 5 heteroatoms. The molecule has 0 radical (unpaired) electrons. The average molecular weight is 334 g/mol. The van der Waals surface area contributed by atoms with Gasteiger partial charge in [0.05, 0.1) is 19.1 Å². The van der Waals surface area contributed by atoms with E-state index in [9.17, 15) is 9.59 Å². The number of Topliss-reactive ketones (excluding diaryl/α,β-unsaturated/α-hetero) is 1.